The lowest BCUT2D eigenvalue weighted by Gasteiger charge is -2.14. The Morgan fingerprint density at radius 2 is 2.03 bits per heavy atom. The van der Waals surface area contributed by atoms with Crippen molar-refractivity contribution >= 4 is 68.1 Å². The van der Waals surface area contributed by atoms with E-state index in [0.717, 1.165) is 22.2 Å². The summed E-state index contributed by atoms with van der Waals surface area (Å²) in [4.78, 5) is 38.8. The molecule has 0 aromatic heterocycles. The van der Waals surface area contributed by atoms with Gasteiger partial charge in [0.15, 0.2) is 11.5 Å². The summed E-state index contributed by atoms with van der Waals surface area (Å²) in [6.07, 6.45) is 3.20. The minimum absolute atomic E-state index is 0.199. The molecule has 2 aromatic carbocycles. The van der Waals surface area contributed by atoms with Gasteiger partial charge in [0, 0.05) is 10.7 Å². The Morgan fingerprint density at radius 3 is 2.71 bits per heavy atom. The van der Waals surface area contributed by atoms with Crippen molar-refractivity contribution in [2.45, 2.75) is 13.8 Å². The van der Waals surface area contributed by atoms with Gasteiger partial charge in [-0.1, -0.05) is 30.3 Å². The van der Waals surface area contributed by atoms with E-state index in [4.69, 9.17) is 21.1 Å². The summed E-state index contributed by atoms with van der Waals surface area (Å²) in [5.41, 5.74) is 1.98. The minimum atomic E-state index is -0.548. The molecule has 1 saturated heterocycles. The summed E-state index contributed by atoms with van der Waals surface area (Å²) >= 11 is 10.3. The Bertz CT molecular complexity index is 1180. The van der Waals surface area contributed by atoms with Gasteiger partial charge in [0.1, 0.15) is 13.2 Å². The molecule has 2 aromatic rings. The predicted octanol–water partition coefficient (Wildman–Crippen LogP) is 6.05. The molecule has 3 amide bonds. The van der Waals surface area contributed by atoms with Gasteiger partial charge < -0.3 is 14.8 Å². The van der Waals surface area contributed by atoms with Crippen LogP contribution in [0.1, 0.15) is 18.1 Å². The molecule has 178 valence electrons. The second-order valence-corrected chi connectivity index (χ2v) is 9.40. The number of anilines is 1. The molecule has 0 atom stereocenters. The summed E-state index contributed by atoms with van der Waals surface area (Å²) in [5, 5.41) is 2.63. The average Bonchev–Trinajstić information content (AvgIpc) is 3.03. The predicted molar refractivity (Wildman–Crippen MR) is 138 cm³/mol. The second-order valence-electron chi connectivity index (χ2n) is 7.14. The Morgan fingerprint density at radius 1 is 1.26 bits per heavy atom. The van der Waals surface area contributed by atoms with Crippen LogP contribution in [0.2, 0.25) is 5.02 Å². The molecule has 0 spiro atoms. The van der Waals surface area contributed by atoms with Crippen molar-refractivity contribution in [2.24, 2.45) is 0 Å². The van der Waals surface area contributed by atoms with Crippen LogP contribution in [0.4, 0.5) is 10.5 Å². The number of amides is 3. The highest BCUT2D eigenvalue weighted by Crippen LogP contribution is 2.39. The number of hydrogen-bond donors (Lipinski definition) is 1. The van der Waals surface area contributed by atoms with Crippen LogP contribution in [0.3, 0.4) is 0 Å². The maximum atomic E-state index is 12.8. The van der Waals surface area contributed by atoms with E-state index in [1.165, 1.54) is 0 Å². The number of hydrogen-bond acceptors (Lipinski definition) is 6. The van der Waals surface area contributed by atoms with Crippen LogP contribution in [-0.2, 0) is 9.59 Å². The molecule has 10 heteroatoms. The Balaban J connectivity index is 1.76. The van der Waals surface area contributed by atoms with E-state index in [-0.39, 0.29) is 4.91 Å². The highest BCUT2D eigenvalue weighted by atomic mass is 79.9. The molecule has 0 radical (unpaired) electrons. The van der Waals surface area contributed by atoms with E-state index in [2.05, 4.69) is 27.8 Å². The van der Waals surface area contributed by atoms with Crippen LogP contribution in [0, 0.1) is 6.92 Å². The Hall–Kier alpha value is -2.75. The molecule has 0 unspecified atom stereocenters. The van der Waals surface area contributed by atoms with E-state index >= 15 is 0 Å². The van der Waals surface area contributed by atoms with Crippen molar-refractivity contribution in [1.82, 2.24) is 4.90 Å². The molecule has 7 nitrogen and oxygen atoms in total. The van der Waals surface area contributed by atoms with Gasteiger partial charge in [-0.2, -0.15) is 0 Å². The summed E-state index contributed by atoms with van der Waals surface area (Å²) in [7, 11) is 0. The van der Waals surface area contributed by atoms with Crippen molar-refractivity contribution < 1.29 is 23.9 Å². The molecular formula is C24H22BrClN2O5S. The topological polar surface area (TPSA) is 84.9 Å². The second kappa shape index (κ2) is 11.6. The number of nitrogens with zero attached hydrogens (tertiary/aromatic N) is 1. The molecule has 1 aliphatic heterocycles. The SMILES string of the molecule is C=CCOc1c(Br)cc(/C=C2/SC(=O)N(CC(=O)Nc3ccc(C)c(Cl)c3)C2=O)cc1OCC. The number of aryl methyl sites for hydroxylation is 1. The molecule has 1 fully saturated rings. The Labute approximate surface area is 215 Å². The Kier molecular flexibility index (Phi) is 8.82. The molecule has 34 heavy (non-hydrogen) atoms. The smallest absolute Gasteiger partial charge is 0.294 e. The maximum Gasteiger partial charge on any atom is 0.294 e. The number of carbonyl (C=O) groups excluding carboxylic acids is 3. The zero-order chi connectivity index (χ0) is 24.8. The molecule has 1 N–H and O–H groups in total. The first-order valence-corrected chi connectivity index (χ1v) is 12.2. The number of ether oxygens (including phenoxy) is 2. The summed E-state index contributed by atoms with van der Waals surface area (Å²) in [6.45, 7) is 7.64. The fourth-order valence-electron chi connectivity index (χ4n) is 3.02. The molecule has 0 saturated carbocycles. The molecule has 1 aliphatic rings. The maximum absolute atomic E-state index is 12.8. The van der Waals surface area contributed by atoms with Crippen LogP contribution in [0.15, 0.2) is 52.4 Å². The van der Waals surface area contributed by atoms with Gasteiger partial charge in [-0.25, -0.2) is 0 Å². The molecule has 3 rings (SSSR count). The average molecular weight is 566 g/mol. The number of halogens is 2. The minimum Gasteiger partial charge on any atom is -0.490 e. The highest BCUT2D eigenvalue weighted by Gasteiger charge is 2.36. The number of imide groups is 1. The van der Waals surface area contributed by atoms with E-state index in [9.17, 15) is 14.4 Å². The largest absolute Gasteiger partial charge is 0.490 e. The lowest BCUT2D eigenvalue weighted by Crippen LogP contribution is -2.36. The highest BCUT2D eigenvalue weighted by molar-refractivity contribution is 9.10. The quantitative estimate of drug-likeness (QED) is 0.294. The van der Waals surface area contributed by atoms with Gasteiger partial charge >= 0.3 is 0 Å². The first kappa shape index (κ1) is 25.9. The van der Waals surface area contributed by atoms with Gasteiger partial charge in [0.05, 0.1) is 16.0 Å². The van der Waals surface area contributed by atoms with E-state index in [1.807, 2.05) is 13.8 Å². The third-order valence-electron chi connectivity index (χ3n) is 4.61. The van der Waals surface area contributed by atoms with Crippen molar-refractivity contribution in [1.29, 1.82) is 0 Å². The van der Waals surface area contributed by atoms with Crippen molar-refractivity contribution in [2.75, 3.05) is 25.1 Å². The van der Waals surface area contributed by atoms with E-state index < -0.39 is 23.6 Å². The van der Waals surface area contributed by atoms with Crippen LogP contribution in [0.5, 0.6) is 11.5 Å². The molecule has 1 heterocycles. The van der Waals surface area contributed by atoms with Crippen molar-refractivity contribution in [3.05, 3.63) is 68.5 Å². The lowest BCUT2D eigenvalue weighted by molar-refractivity contribution is -0.127. The van der Waals surface area contributed by atoms with Crippen LogP contribution in [-0.4, -0.2) is 41.7 Å². The van der Waals surface area contributed by atoms with Gasteiger partial charge in [0.2, 0.25) is 5.91 Å². The van der Waals surface area contributed by atoms with E-state index in [1.54, 1.807) is 42.5 Å². The van der Waals surface area contributed by atoms with Crippen LogP contribution in [0.25, 0.3) is 6.08 Å². The molecule has 0 aliphatic carbocycles. The summed E-state index contributed by atoms with van der Waals surface area (Å²) < 4.78 is 11.9. The normalized spacial score (nSPS) is 14.5. The zero-order valence-corrected chi connectivity index (χ0v) is 21.7. The molecular weight excluding hydrogens is 544 g/mol. The van der Waals surface area contributed by atoms with Gasteiger partial charge in [-0.15, -0.1) is 0 Å². The number of benzene rings is 2. The van der Waals surface area contributed by atoms with Crippen LogP contribution >= 0.6 is 39.3 Å². The molecule has 0 bridgehead atoms. The van der Waals surface area contributed by atoms with Crippen molar-refractivity contribution in [3.63, 3.8) is 0 Å². The first-order valence-electron chi connectivity index (χ1n) is 10.2. The van der Waals surface area contributed by atoms with Crippen molar-refractivity contribution in [3.8, 4) is 11.5 Å². The number of nitrogens with one attached hydrogen (secondary N) is 1. The van der Waals surface area contributed by atoms with Gasteiger partial charge in [0.25, 0.3) is 11.1 Å². The zero-order valence-electron chi connectivity index (χ0n) is 18.5. The summed E-state index contributed by atoms with van der Waals surface area (Å²) in [6, 6.07) is 8.54. The third kappa shape index (κ3) is 6.22. The monoisotopic (exact) mass is 564 g/mol. The standard InChI is InChI=1S/C24H22BrClN2O5S/c1-4-8-33-22-17(25)9-15(10-19(22)32-5-2)11-20-23(30)28(24(31)34-20)13-21(29)27-16-7-6-14(3)18(26)12-16/h4,6-7,9-12H,1,5,8,13H2,2-3H3,(H,27,29)/b20-11+. The number of carbonyl (C=O) groups is 3. The third-order valence-corrected chi connectivity index (χ3v) is 6.51. The summed E-state index contributed by atoms with van der Waals surface area (Å²) in [5.74, 6) is -0.0538. The number of thioether (sulfide) groups is 1. The van der Waals surface area contributed by atoms with Gasteiger partial charge in [-0.3, -0.25) is 19.3 Å². The lowest BCUT2D eigenvalue weighted by atomic mass is 10.2. The number of rotatable bonds is 9. The fourth-order valence-corrected chi connectivity index (χ4v) is 4.61. The van der Waals surface area contributed by atoms with Gasteiger partial charge in [-0.05, 0) is 83.0 Å². The van der Waals surface area contributed by atoms with E-state index in [0.29, 0.717) is 45.5 Å². The van der Waals surface area contributed by atoms with Crippen LogP contribution < -0.4 is 14.8 Å². The first-order chi connectivity index (χ1) is 16.2. The fraction of sp³-hybridized carbons (Fsp3) is 0.208.